The number of hydrogen-bond donors (Lipinski definition) is 1. The molecule has 0 radical (unpaired) electrons. The minimum absolute atomic E-state index is 0.0784. The van der Waals surface area contributed by atoms with Gasteiger partial charge in [-0.15, -0.1) is 6.42 Å². The van der Waals surface area contributed by atoms with E-state index in [-0.39, 0.29) is 11.5 Å². The lowest BCUT2D eigenvalue weighted by Crippen LogP contribution is -2.08. The molecule has 0 saturated carbocycles. The standard InChI is InChI=1S/C14H13NO/c1-4-10-6-5-7-12-14(10)11(9(2)3)8-13(16)15-12/h1,5-9H,2-3H3,(H,15,16). The van der Waals surface area contributed by atoms with E-state index in [1.165, 1.54) is 0 Å². The van der Waals surface area contributed by atoms with Gasteiger partial charge < -0.3 is 4.98 Å². The number of aromatic nitrogens is 1. The molecule has 1 aromatic heterocycles. The SMILES string of the molecule is C#Cc1cccc2[nH]c(=O)cc(C(C)C)c12. The Morgan fingerprint density at radius 3 is 2.75 bits per heavy atom. The van der Waals surface area contributed by atoms with Crippen LogP contribution in [0, 0.1) is 12.3 Å². The fraction of sp³-hybridized carbons (Fsp3) is 0.214. The van der Waals surface area contributed by atoms with Crippen LogP contribution < -0.4 is 5.56 Å². The summed E-state index contributed by atoms with van der Waals surface area (Å²) in [5.41, 5.74) is 2.57. The van der Waals surface area contributed by atoms with Gasteiger partial charge in [-0.1, -0.05) is 25.8 Å². The van der Waals surface area contributed by atoms with Crippen molar-refractivity contribution in [3.8, 4) is 12.3 Å². The second kappa shape index (κ2) is 3.86. The second-order valence-electron chi connectivity index (χ2n) is 4.12. The molecule has 0 unspecified atom stereocenters. The molecular weight excluding hydrogens is 198 g/mol. The van der Waals surface area contributed by atoms with Crippen molar-refractivity contribution >= 4 is 10.9 Å². The van der Waals surface area contributed by atoms with E-state index in [1.54, 1.807) is 6.07 Å². The molecule has 1 N–H and O–H groups in total. The minimum Gasteiger partial charge on any atom is -0.322 e. The van der Waals surface area contributed by atoms with Crippen LogP contribution in [0.3, 0.4) is 0 Å². The zero-order chi connectivity index (χ0) is 11.7. The number of benzene rings is 1. The Hall–Kier alpha value is -2.01. The largest absolute Gasteiger partial charge is 0.322 e. The van der Waals surface area contributed by atoms with Gasteiger partial charge >= 0.3 is 0 Å². The Kier molecular flexibility index (Phi) is 2.54. The summed E-state index contributed by atoms with van der Waals surface area (Å²) in [6, 6.07) is 7.27. The first-order valence-electron chi connectivity index (χ1n) is 5.26. The third-order valence-electron chi connectivity index (χ3n) is 2.68. The summed E-state index contributed by atoms with van der Waals surface area (Å²) in [4.78, 5) is 14.3. The molecule has 0 saturated heterocycles. The van der Waals surface area contributed by atoms with Crippen LogP contribution in [-0.4, -0.2) is 4.98 Å². The molecule has 2 rings (SSSR count). The molecule has 0 aliphatic heterocycles. The van der Waals surface area contributed by atoms with Gasteiger partial charge in [-0.05, 0) is 23.6 Å². The number of H-pyrrole nitrogens is 1. The van der Waals surface area contributed by atoms with E-state index in [0.29, 0.717) is 0 Å². The van der Waals surface area contributed by atoms with E-state index in [2.05, 4.69) is 24.8 Å². The van der Waals surface area contributed by atoms with Gasteiger partial charge in [0.15, 0.2) is 0 Å². The third-order valence-corrected chi connectivity index (χ3v) is 2.68. The maximum Gasteiger partial charge on any atom is 0.248 e. The van der Waals surface area contributed by atoms with Crippen LogP contribution in [0.2, 0.25) is 0 Å². The summed E-state index contributed by atoms with van der Waals surface area (Å²) in [7, 11) is 0. The molecule has 0 fully saturated rings. The molecule has 2 nitrogen and oxygen atoms in total. The van der Waals surface area contributed by atoms with Gasteiger partial charge in [-0.2, -0.15) is 0 Å². The number of rotatable bonds is 1. The molecular formula is C14H13NO. The topological polar surface area (TPSA) is 32.9 Å². The molecule has 2 aromatic rings. The van der Waals surface area contributed by atoms with E-state index in [9.17, 15) is 4.79 Å². The van der Waals surface area contributed by atoms with Crippen molar-refractivity contribution in [2.45, 2.75) is 19.8 Å². The van der Waals surface area contributed by atoms with Gasteiger partial charge in [-0.25, -0.2) is 0 Å². The van der Waals surface area contributed by atoms with Crippen LogP contribution in [0.4, 0.5) is 0 Å². The number of aromatic amines is 1. The average molecular weight is 211 g/mol. The first-order valence-corrected chi connectivity index (χ1v) is 5.26. The van der Waals surface area contributed by atoms with Gasteiger partial charge in [0.2, 0.25) is 5.56 Å². The molecule has 80 valence electrons. The lowest BCUT2D eigenvalue weighted by Gasteiger charge is -2.10. The van der Waals surface area contributed by atoms with E-state index in [4.69, 9.17) is 6.42 Å². The van der Waals surface area contributed by atoms with Gasteiger partial charge in [0.1, 0.15) is 0 Å². The maximum absolute atomic E-state index is 11.5. The number of pyridine rings is 1. The van der Waals surface area contributed by atoms with Crippen LogP contribution in [-0.2, 0) is 0 Å². The normalized spacial score (nSPS) is 10.6. The number of hydrogen-bond acceptors (Lipinski definition) is 1. The Morgan fingerprint density at radius 1 is 1.38 bits per heavy atom. The summed E-state index contributed by atoms with van der Waals surface area (Å²) in [6.07, 6.45) is 5.48. The first kappa shape index (κ1) is 10.5. The van der Waals surface area contributed by atoms with Crippen LogP contribution in [0.15, 0.2) is 29.1 Å². The molecule has 1 heterocycles. The maximum atomic E-state index is 11.5. The quantitative estimate of drug-likeness (QED) is 0.723. The lowest BCUT2D eigenvalue weighted by atomic mass is 9.96. The van der Waals surface area contributed by atoms with Crippen LogP contribution in [0.5, 0.6) is 0 Å². The van der Waals surface area contributed by atoms with Crippen molar-refractivity contribution in [2.24, 2.45) is 0 Å². The molecule has 0 aliphatic carbocycles. The highest BCUT2D eigenvalue weighted by Gasteiger charge is 2.09. The monoisotopic (exact) mass is 211 g/mol. The second-order valence-corrected chi connectivity index (χ2v) is 4.12. The Morgan fingerprint density at radius 2 is 2.12 bits per heavy atom. The van der Waals surface area contributed by atoms with E-state index in [1.807, 2.05) is 18.2 Å². The molecule has 0 spiro atoms. The minimum atomic E-state index is -0.0784. The number of terminal acetylenes is 1. The van der Waals surface area contributed by atoms with E-state index in [0.717, 1.165) is 22.0 Å². The number of fused-ring (bicyclic) bond motifs is 1. The average Bonchev–Trinajstić information content (AvgIpc) is 2.26. The summed E-state index contributed by atoms with van der Waals surface area (Å²) in [5.74, 6) is 2.94. The fourth-order valence-electron chi connectivity index (χ4n) is 1.93. The van der Waals surface area contributed by atoms with Gasteiger partial charge in [0.05, 0.1) is 0 Å². The van der Waals surface area contributed by atoms with Crippen molar-refractivity contribution in [3.63, 3.8) is 0 Å². The fourth-order valence-corrected chi connectivity index (χ4v) is 1.93. The molecule has 0 atom stereocenters. The summed E-state index contributed by atoms with van der Waals surface area (Å²) >= 11 is 0. The van der Waals surface area contributed by atoms with Crippen molar-refractivity contribution in [3.05, 3.63) is 45.7 Å². The number of nitrogens with one attached hydrogen (secondary N) is 1. The summed E-state index contributed by atoms with van der Waals surface area (Å²) < 4.78 is 0. The summed E-state index contributed by atoms with van der Waals surface area (Å²) in [6.45, 7) is 4.11. The highest BCUT2D eigenvalue weighted by atomic mass is 16.1. The molecule has 0 amide bonds. The van der Waals surface area contributed by atoms with Crippen molar-refractivity contribution in [1.29, 1.82) is 0 Å². The van der Waals surface area contributed by atoms with E-state index < -0.39 is 0 Å². The van der Waals surface area contributed by atoms with Gasteiger partial charge in [-0.3, -0.25) is 4.79 Å². The summed E-state index contributed by atoms with van der Waals surface area (Å²) in [5, 5.41) is 0.986. The van der Waals surface area contributed by atoms with Crippen LogP contribution >= 0.6 is 0 Å². The molecule has 0 aliphatic rings. The Labute approximate surface area is 94.3 Å². The Balaban J connectivity index is 2.98. The first-order chi connectivity index (χ1) is 7.63. The lowest BCUT2D eigenvalue weighted by molar-refractivity contribution is 0.871. The highest BCUT2D eigenvalue weighted by Crippen LogP contribution is 2.25. The van der Waals surface area contributed by atoms with Gasteiger partial charge in [0, 0.05) is 22.5 Å². The van der Waals surface area contributed by atoms with E-state index >= 15 is 0 Å². The van der Waals surface area contributed by atoms with Crippen molar-refractivity contribution < 1.29 is 0 Å². The Bertz CT molecular complexity index is 629. The van der Waals surface area contributed by atoms with Crippen LogP contribution in [0.1, 0.15) is 30.9 Å². The molecule has 16 heavy (non-hydrogen) atoms. The predicted molar refractivity (Wildman–Crippen MR) is 66.6 cm³/mol. The highest BCUT2D eigenvalue weighted by molar-refractivity contribution is 5.88. The van der Waals surface area contributed by atoms with Crippen LogP contribution in [0.25, 0.3) is 10.9 Å². The third kappa shape index (κ3) is 1.61. The zero-order valence-corrected chi connectivity index (χ0v) is 9.37. The molecule has 2 heteroatoms. The van der Waals surface area contributed by atoms with Crippen molar-refractivity contribution in [2.75, 3.05) is 0 Å². The predicted octanol–water partition coefficient (Wildman–Crippen LogP) is 2.63. The van der Waals surface area contributed by atoms with Crippen molar-refractivity contribution in [1.82, 2.24) is 4.98 Å². The van der Waals surface area contributed by atoms with Gasteiger partial charge in [0.25, 0.3) is 0 Å². The smallest absolute Gasteiger partial charge is 0.248 e. The molecule has 1 aromatic carbocycles. The zero-order valence-electron chi connectivity index (χ0n) is 9.37. The molecule has 0 bridgehead atoms.